The summed E-state index contributed by atoms with van der Waals surface area (Å²) >= 11 is 3.21. The lowest BCUT2D eigenvalue weighted by molar-refractivity contribution is 0.770. The Morgan fingerprint density at radius 3 is 1.21 bits per heavy atom. The summed E-state index contributed by atoms with van der Waals surface area (Å²) < 4.78 is 8.28. The molecule has 0 unspecified atom stereocenters. The molecule has 0 amide bonds. The minimum Gasteiger partial charge on any atom is -0.342 e. The third-order valence-electron chi connectivity index (χ3n) is 10.5. The maximum absolute atomic E-state index is 4.99. The van der Waals surface area contributed by atoms with Crippen molar-refractivity contribution in [3.8, 4) is 22.8 Å². The van der Waals surface area contributed by atoms with Crippen molar-refractivity contribution in [1.29, 1.82) is 0 Å². The summed E-state index contributed by atoms with van der Waals surface area (Å²) in [7, 11) is 0. The van der Waals surface area contributed by atoms with E-state index in [1.165, 1.54) is 11.1 Å². The lowest BCUT2D eigenvalue weighted by atomic mass is 10.1. The molecule has 6 aromatic carbocycles. The van der Waals surface area contributed by atoms with Crippen molar-refractivity contribution in [1.82, 2.24) is 38.9 Å². The van der Waals surface area contributed by atoms with Gasteiger partial charge in [-0.2, -0.15) is 19.6 Å². The standard InChI is InChI=1S/C50H40N10S2/c1-5-17-37(18-6-1)31-51-59-47(43-35-57(33-39-21-9-3-10-22-39)45-27-15-13-25-41(43)45)53-55-49(59)61-29-30-62-50-56-54-48(60(50)52-32-38-19-7-2-8-20-38)44-36-58(34-40-23-11-4-12-24-40)46-28-16-14-26-42(44)46/h1-28,31-32,35-36H,29-30,33-34H2/b51-31+,52-32+. The molecular formula is C50H40N10S2. The van der Waals surface area contributed by atoms with E-state index in [4.69, 9.17) is 30.6 Å². The van der Waals surface area contributed by atoms with Crippen LogP contribution in [0.5, 0.6) is 0 Å². The van der Waals surface area contributed by atoms with Crippen LogP contribution in [0.3, 0.4) is 0 Å². The normalized spacial score (nSPS) is 11.8. The monoisotopic (exact) mass is 844 g/mol. The van der Waals surface area contributed by atoms with Crippen LogP contribution < -0.4 is 0 Å². The van der Waals surface area contributed by atoms with Gasteiger partial charge in [0, 0.05) is 69.9 Å². The summed E-state index contributed by atoms with van der Waals surface area (Å²) in [6.45, 7) is 1.47. The minimum absolute atomic E-state index is 0.682. The summed E-state index contributed by atoms with van der Waals surface area (Å²) in [5.74, 6) is 2.78. The lowest BCUT2D eigenvalue weighted by Gasteiger charge is -2.06. The first-order valence-corrected chi connectivity index (χ1v) is 22.3. The predicted molar refractivity (Wildman–Crippen MR) is 253 cm³/mol. The fourth-order valence-corrected chi connectivity index (χ4v) is 9.26. The highest BCUT2D eigenvalue weighted by atomic mass is 32.2. The lowest BCUT2D eigenvalue weighted by Crippen LogP contribution is -2.00. The van der Waals surface area contributed by atoms with Gasteiger partial charge in [-0.15, -0.1) is 20.4 Å². The molecule has 4 heterocycles. The van der Waals surface area contributed by atoms with Gasteiger partial charge < -0.3 is 9.13 Å². The van der Waals surface area contributed by atoms with E-state index in [0.29, 0.717) is 33.5 Å². The van der Waals surface area contributed by atoms with Crippen molar-refractivity contribution in [2.45, 2.75) is 23.4 Å². The van der Waals surface area contributed by atoms with Gasteiger partial charge in [0.1, 0.15) is 0 Å². The summed E-state index contributed by atoms with van der Waals surface area (Å²) in [5, 5.41) is 32.5. The van der Waals surface area contributed by atoms with Crippen molar-refractivity contribution in [2.24, 2.45) is 10.2 Å². The zero-order chi connectivity index (χ0) is 41.5. The number of fused-ring (bicyclic) bond motifs is 2. The fourth-order valence-electron chi connectivity index (χ4n) is 7.52. The van der Waals surface area contributed by atoms with Crippen LogP contribution >= 0.6 is 23.5 Å². The van der Waals surface area contributed by atoms with Crippen molar-refractivity contribution >= 4 is 57.8 Å². The predicted octanol–water partition coefficient (Wildman–Crippen LogP) is 10.9. The van der Waals surface area contributed by atoms with Crippen LogP contribution in [-0.2, 0) is 13.1 Å². The molecule has 10 nitrogen and oxygen atoms in total. The Labute approximate surface area is 367 Å². The topological polar surface area (TPSA) is 96.0 Å². The van der Waals surface area contributed by atoms with E-state index in [1.54, 1.807) is 23.5 Å². The van der Waals surface area contributed by atoms with Gasteiger partial charge in [-0.3, -0.25) is 0 Å². The molecule has 0 N–H and O–H groups in total. The van der Waals surface area contributed by atoms with Crippen LogP contribution in [-0.4, -0.2) is 62.8 Å². The average molecular weight is 845 g/mol. The zero-order valence-corrected chi connectivity index (χ0v) is 35.2. The number of para-hydroxylation sites is 2. The molecule has 302 valence electrons. The highest BCUT2D eigenvalue weighted by molar-refractivity contribution is 8.02. The van der Waals surface area contributed by atoms with E-state index >= 15 is 0 Å². The Hall–Kier alpha value is -7.28. The van der Waals surface area contributed by atoms with Gasteiger partial charge >= 0.3 is 0 Å². The molecule has 0 bridgehead atoms. The van der Waals surface area contributed by atoms with Crippen LogP contribution in [0.15, 0.2) is 203 Å². The quantitative estimate of drug-likeness (QED) is 0.0579. The molecule has 62 heavy (non-hydrogen) atoms. The number of hydrogen-bond donors (Lipinski definition) is 0. The van der Waals surface area contributed by atoms with Crippen molar-refractivity contribution in [2.75, 3.05) is 11.5 Å². The molecule has 0 saturated heterocycles. The van der Waals surface area contributed by atoms with E-state index < -0.39 is 0 Å². The second kappa shape index (κ2) is 18.1. The average Bonchev–Trinajstić information content (AvgIpc) is 4.11. The molecule has 12 heteroatoms. The number of nitrogens with zero attached hydrogens (tertiary/aromatic N) is 10. The Morgan fingerprint density at radius 2 is 0.790 bits per heavy atom. The molecule has 0 saturated carbocycles. The van der Waals surface area contributed by atoms with Crippen LogP contribution in [0.25, 0.3) is 44.6 Å². The third kappa shape index (κ3) is 8.38. The number of thioether (sulfide) groups is 2. The largest absolute Gasteiger partial charge is 0.342 e. The highest BCUT2D eigenvalue weighted by Gasteiger charge is 2.22. The second-order valence-electron chi connectivity index (χ2n) is 14.6. The smallest absolute Gasteiger partial charge is 0.212 e. The van der Waals surface area contributed by atoms with Crippen LogP contribution in [0, 0.1) is 0 Å². The summed E-state index contributed by atoms with van der Waals surface area (Å²) in [5.41, 5.74) is 8.60. The van der Waals surface area contributed by atoms with E-state index in [0.717, 1.165) is 57.1 Å². The van der Waals surface area contributed by atoms with E-state index in [9.17, 15) is 0 Å². The van der Waals surface area contributed by atoms with Gasteiger partial charge in [-0.25, -0.2) is 0 Å². The molecular weight excluding hydrogens is 805 g/mol. The number of rotatable bonds is 15. The summed E-state index contributed by atoms with van der Waals surface area (Å²) in [6, 6.07) is 58.1. The van der Waals surface area contributed by atoms with E-state index in [1.807, 2.05) is 94.6 Å². The molecule has 0 radical (unpaired) electrons. The van der Waals surface area contributed by atoms with Gasteiger partial charge in [0.15, 0.2) is 11.6 Å². The van der Waals surface area contributed by atoms with Crippen molar-refractivity contribution in [3.05, 3.63) is 205 Å². The second-order valence-corrected chi connectivity index (χ2v) is 16.7. The highest BCUT2D eigenvalue weighted by Crippen LogP contribution is 2.35. The molecule has 10 rings (SSSR count). The zero-order valence-electron chi connectivity index (χ0n) is 33.6. The van der Waals surface area contributed by atoms with Crippen molar-refractivity contribution < 1.29 is 0 Å². The van der Waals surface area contributed by atoms with Crippen molar-refractivity contribution in [3.63, 3.8) is 0 Å². The molecule has 0 atom stereocenters. The number of aromatic nitrogens is 8. The van der Waals surface area contributed by atoms with E-state index in [2.05, 4.69) is 119 Å². The van der Waals surface area contributed by atoms with Gasteiger partial charge in [0.25, 0.3) is 0 Å². The first-order valence-electron chi connectivity index (χ1n) is 20.3. The van der Waals surface area contributed by atoms with Gasteiger partial charge in [-0.05, 0) is 34.4 Å². The first kappa shape index (κ1) is 38.9. The van der Waals surface area contributed by atoms with Crippen LogP contribution in [0.4, 0.5) is 0 Å². The van der Waals surface area contributed by atoms with Gasteiger partial charge in [0.2, 0.25) is 10.3 Å². The Kier molecular flexibility index (Phi) is 11.4. The number of hydrogen-bond acceptors (Lipinski definition) is 8. The maximum atomic E-state index is 4.99. The SMILES string of the molecule is C(=N\n1c(SCCSc2nnc(-c3cn(Cc4ccccc4)c4ccccc34)n2/N=C/c2ccccc2)nnc1-c1cn(Cc2ccccc2)c2ccccc12)/c1ccccc1. The first-order chi connectivity index (χ1) is 30.7. The third-order valence-corrected chi connectivity index (χ3v) is 12.6. The van der Waals surface area contributed by atoms with Crippen LogP contribution in [0.1, 0.15) is 22.3 Å². The molecule has 0 spiro atoms. The van der Waals surface area contributed by atoms with Gasteiger partial charge in [-0.1, -0.05) is 181 Å². The summed E-state index contributed by atoms with van der Waals surface area (Å²) in [6.07, 6.45) is 8.06. The summed E-state index contributed by atoms with van der Waals surface area (Å²) in [4.78, 5) is 0. The maximum Gasteiger partial charge on any atom is 0.212 e. The fraction of sp³-hybridized carbons (Fsp3) is 0.0800. The number of benzene rings is 6. The molecule has 0 fully saturated rings. The van der Waals surface area contributed by atoms with Gasteiger partial charge in [0.05, 0.1) is 12.4 Å². The molecule has 10 aromatic rings. The molecule has 0 aliphatic rings. The molecule has 4 aromatic heterocycles. The Bertz CT molecular complexity index is 2920. The Balaban J connectivity index is 0.947. The van der Waals surface area contributed by atoms with Crippen LogP contribution in [0.2, 0.25) is 0 Å². The molecule has 0 aliphatic heterocycles. The molecule has 0 aliphatic carbocycles. The minimum atomic E-state index is 0.682. The van der Waals surface area contributed by atoms with E-state index in [-0.39, 0.29) is 0 Å². The Morgan fingerprint density at radius 1 is 0.419 bits per heavy atom.